The second-order valence-electron chi connectivity index (χ2n) is 4.08. The summed E-state index contributed by atoms with van der Waals surface area (Å²) < 4.78 is 25.7. The quantitative estimate of drug-likeness (QED) is 0.725. The molecule has 106 valence electrons. The highest BCUT2D eigenvalue weighted by Gasteiger charge is 2.03. The lowest BCUT2D eigenvalue weighted by Gasteiger charge is -2.02. The molecule has 0 saturated heterocycles. The highest BCUT2D eigenvalue weighted by Crippen LogP contribution is 2.11. The first-order chi connectivity index (χ1) is 9.03. The zero-order chi connectivity index (χ0) is 14.1. The summed E-state index contributed by atoms with van der Waals surface area (Å²) in [6, 6.07) is 6.90. The van der Waals surface area contributed by atoms with Gasteiger partial charge in [0.05, 0.1) is 0 Å². The van der Waals surface area contributed by atoms with Crippen molar-refractivity contribution in [2.45, 2.75) is 19.3 Å². The van der Waals surface area contributed by atoms with E-state index in [0.29, 0.717) is 24.4 Å². The van der Waals surface area contributed by atoms with Gasteiger partial charge in [-0.1, -0.05) is 23.7 Å². The van der Waals surface area contributed by atoms with Crippen LogP contribution in [-0.4, -0.2) is 26.7 Å². The minimum absolute atomic E-state index is 0.142. The first kappa shape index (κ1) is 16.2. The molecule has 0 aliphatic rings. The smallest absolute Gasteiger partial charge is 0.233 e. The minimum atomic E-state index is -3.40. The van der Waals surface area contributed by atoms with Crippen LogP contribution in [0.3, 0.4) is 0 Å². The van der Waals surface area contributed by atoms with E-state index in [1.54, 1.807) is 24.3 Å². The number of hydrogen-bond donors (Lipinski definition) is 2. The molecule has 1 aromatic carbocycles. The molecule has 0 fully saturated rings. The molecule has 19 heavy (non-hydrogen) atoms. The fourth-order valence-corrected chi connectivity index (χ4v) is 2.41. The summed E-state index contributed by atoms with van der Waals surface area (Å²) in [6.07, 6.45) is 3.74. The summed E-state index contributed by atoms with van der Waals surface area (Å²) in [5.41, 5.74) is 0.773. The number of sulfonamides is 1. The van der Waals surface area contributed by atoms with E-state index in [-0.39, 0.29) is 6.61 Å². The molecule has 2 N–H and O–H groups in total. The maximum Gasteiger partial charge on any atom is 0.233 e. The van der Waals surface area contributed by atoms with Crippen molar-refractivity contribution in [1.82, 2.24) is 4.72 Å². The Balaban J connectivity index is 2.43. The van der Waals surface area contributed by atoms with E-state index in [1.807, 2.05) is 0 Å². The van der Waals surface area contributed by atoms with Gasteiger partial charge in [0.15, 0.2) is 0 Å². The van der Waals surface area contributed by atoms with Gasteiger partial charge in [0.2, 0.25) is 10.0 Å². The van der Waals surface area contributed by atoms with E-state index in [9.17, 15) is 8.42 Å². The molecule has 0 radical (unpaired) electrons. The first-order valence-corrected chi connectivity index (χ1v) is 8.00. The highest BCUT2D eigenvalue weighted by molar-refractivity contribution is 7.92. The van der Waals surface area contributed by atoms with E-state index in [4.69, 9.17) is 16.7 Å². The van der Waals surface area contributed by atoms with Crippen molar-refractivity contribution >= 4 is 27.7 Å². The van der Waals surface area contributed by atoms with Crippen LogP contribution in [0.25, 0.3) is 6.08 Å². The van der Waals surface area contributed by atoms with Crippen LogP contribution in [0.1, 0.15) is 24.8 Å². The van der Waals surface area contributed by atoms with Crippen LogP contribution in [0.5, 0.6) is 0 Å². The van der Waals surface area contributed by atoms with Gasteiger partial charge in [-0.15, -0.1) is 0 Å². The van der Waals surface area contributed by atoms with Crippen molar-refractivity contribution in [3.05, 3.63) is 40.3 Å². The molecule has 0 heterocycles. The molecule has 0 spiro atoms. The number of hydrogen-bond acceptors (Lipinski definition) is 3. The topological polar surface area (TPSA) is 66.4 Å². The zero-order valence-electron chi connectivity index (χ0n) is 10.5. The van der Waals surface area contributed by atoms with Crippen LogP contribution in [0.15, 0.2) is 29.7 Å². The van der Waals surface area contributed by atoms with E-state index < -0.39 is 10.0 Å². The third-order valence-electron chi connectivity index (χ3n) is 2.45. The first-order valence-electron chi connectivity index (χ1n) is 6.08. The number of unbranched alkanes of at least 4 members (excludes halogenated alkanes) is 2. The summed E-state index contributed by atoms with van der Waals surface area (Å²) in [7, 11) is -3.40. The molecular weight excluding hydrogens is 286 g/mol. The monoisotopic (exact) mass is 303 g/mol. The SMILES string of the molecule is O=S(=O)(/C=C/c1ccc(Cl)cc1)NCCCCCO. The number of aliphatic hydroxyl groups is 1. The normalized spacial score (nSPS) is 12.1. The Kier molecular flexibility index (Phi) is 7.09. The van der Waals surface area contributed by atoms with Gasteiger partial charge >= 0.3 is 0 Å². The lowest BCUT2D eigenvalue weighted by Crippen LogP contribution is -2.22. The molecule has 1 rings (SSSR count). The Hall–Kier alpha value is -0.880. The molecule has 0 amide bonds. The van der Waals surface area contributed by atoms with Gasteiger partial charge in [-0.3, -0.25) is 0 Å². The molecule has 6 heteroatoms. The maximum atomic E-state index is 11.6. The molecule has 1 aromatic rings. The summed E-state index contributed by atoms with van der Waals surface area (Å²) in [5.74, 6) is 0. The van der Waals surface area contributed by atoms with Crippen LogP contribution >= 0.6 is 11.6 Å². The van der Waals surface area contributed by atoms with Gasteiger partial charge in [-0.05, 0) is 43.0 Å². The van der Waals surface area contributed by atoms with Crippen LogP contribution < -0.4 is 4.72 Å². The molecule has 0 bridgehead atoms. The minimum Gasteiger partial charge on any atom is -0.396 e. The highest BCUT2D eigenvalue weighted by atomic mass is 35.5. The summed E-state index contributed by atoms with van der Waals surface area (Å²) in [5, 5.41) is 10.4. The van der Waals surface area contributed by atoms with Gasteiger partial charge in [0.25, 0.3) is 0 Å². The van der Waals surface area contributed by atoms with Crippen molar-refractivity contribution in [2.24, 2.45) is 0 Å². The van der Waals surface area contributed by atoms with Gasteiger partial charge in [0.1, 0.15) is 0 Å². The number of benzene rings is 1. The Morgan fingerprint density at radius 3 is 2.47 bits per heavy atom. The van der Waals surface area contributed by atoms with Crippen LogP contribution in [0, 0.1) is 0 Å². The van der Waals surface area contributed by atoms with Gasteiger partial charge < -0.3 is 5.11 Å². The predicted octanol–water partition coefficient (Wildman–Crippen LogP) is 2.39. The van der Waals surface area contributed by atoms with Gasteiger partial charge in [-0.2, -0.15) is 0 Å². The fourth-order valence-electron chi connectivity index (χ4n) is 1.42. The van der Waals surface area contributed by atoms with Gasteiger partial charge in [0, 0.05) is 23.6 Å². The van der Waals surface area contributed by atoms with Crippen molar-refractivity contribution in [3.8, 4) is 0 Å². The Labute approximate surface area is 119 Å². The summed E-state index contributed by atoms with van der Waals surface area (Å²) >= 11 is 5.74. The number of nitrogens with one attached hydrogen (secondary N) is 1. The number of aliphatic hydroxyl groups excluding tert-OH is 1. The molecule has 0 unspecified atom stereocenters. The average molecular weight is 304 g/mol. The van der Waals surface area contributed by atoms with Crippen molar-refractivity contribution in [1.29, 1.82) is 0 Å². The standard InChI is InChI=1S/C13H18ClNO3S/c14-13-6-4-12(5-7-13)8-11-19(17,18)15-9-2-1-3-10-16/h4-8,11,15-16H,1-3,9-10H2/b11-8+. The molecule has 0 aliphatic carbocycles. The van der Waals surface area contributed by atoms with E-state index in [1.165, 1.54) is 6.08 Å². The lowest BCUT2D eigenvalue weighted by atomic mass is 10.2. The lowest BCUT2D eigenvalue weighted by molar-refractivity contribution is 0.283. The van der Waals surface area contributed by atoms with Gasteiger partial charge in [-0.25, -0.2) is 13.1 Å². The van der Waals surface area contributed by atoms with Crippen molar-refractivity contribution < 1.29 is 13.5 Å². The van der Waals surface area contributed by atoms with Crippen molar-refractivity contribution in [3.63, 3.8) is 0 Å². The third kappa shape index (κ3) is 7.32. The Morgan fingerprint density at radius 2 is 1.84 bits per heavy atom. The largest absolute Gasteiger partial charge is 0.396 e. The van der Waals surface area contributed by atoms with E-state index >= 15 is 0 Å². The molecule has 0 saturated carbocycles. The summed E-state index contributed by atoms with van der Waals surface area (Å²) in [4.78, 5) is 0. The van der Waals surface area contributed by atoms with Crippen LogP contribution in [0.4, 0.5) is 0 Å². The maximum absolute atomic E-state index is 11.6. The Bertz CT molecular complexity index is 497. The Morgan fingerprint density at radius 1 is 1.16 bits per heavy atom. The molecule has 4 nitrogen and oxygen atoms in total. The fraction of sp³-hybridized carbons (Fsp3) is 0.385. The third-order valence-corrected chi connectivity index (χ3v) is 3.80. The molecular formula is C13H18ClNO3S. The zero-order valence-corrected chi connectivity index (χ0v) is 12.1. The molecule has 0 aromatic heterocycles. The van der Waals surface area contributed by atoms with E-state index in [2.05, 4.69) is 4.72 Å². The van der Waals surface area contributed by atoms with Crippen LogP contribution in [0.2, 0.25) is 5.02 Å². The summed E-state index contributed by atoms with van der Waals surface area (Å²) in [6.45, 7) is 0.524. The predicted molar refractivity (Wildman–Crippen MR) is 78.3 cm³/mol. The van der Waals surface area contributed by atoms with E-state index in [0.717, 1.165) is 17.4 Å². The molecule has 0 atom stereocenters. The van der Waals surface area contributed by atoms with Crippen LogP contribution in [-0.2, 0) is 10.0 Å². The second kappa shape index (κ2) is 8.32. The number of rotatable bonds is 8. The second-order valence-corrected chi connectivity index (χ2v) is 6.17. The van der Waals surface area contributed by atoms with Crippen molar-refractivity contribution in [2.75, 3.05) is 13.2 Å². The average Bonchev–Trinajstić information content (AvgIpc) is 2.38. The number of halogens is 1. The molecule has 0 aliphatic heterocycles.